The predicted octanol–water partition coefficient (Wildman–Crippen LogP) is 3.07. The summed E-state index contributed by atoms with van der Waals surface area (Å²) >= 11 is 0. The third kappa shape index (κ3) is 3.34. The van der Waals surface area contributed by atoms with E-state index in [4.69, 9.17) is 0 Å². The largest absolute Gasteiger partial charge is 0.373 e. The Kier molecular flexibility index (Phi) is 4.39. The van der Waals surface area contributed by atoms with E-state index in [1.165, 1.54) is 19.3 Å². The lowest BCUT2D eigenvalue weighted by Crippen LogP contribution is -2.09. The molecular weight excluding hydrogens is 224 g/mol. The van der Waals surface area contributed by atoms with Gasteiger partial charge in [-0.05, 0) is 25.2 Å². The smallest absolute Gasteiger partial charge is 0.133 e. The first kappa shape index (κ1) is 13.1. The molecule has 2 unspecified atom stereocenters. The number of hydrogen-bond acceptors (Lipinski definition) is 4. The van der Waals surface area contributed by atoms with Crippen LogP contribution in [0.2, 0.25) is 0 Å². The van der Waals surface area contributed by atoms with E-state index in [2.05, 4.69) is 34.4 Å². The zero-order chi connectivity index (χ0) is 13.0. The maximum atomic E-state index is 4.58. The molecule has 1 aromatic heterocycles. The number of rotatable bonds is 7. The molecule has 4 nitrogen and oxygen atoms in total. The van der Waals surface area contributed by atoms with Crippen LogP contribution in [-0.2, 0) is 6.42 Å². The van der Waals surface area contributed by atoms with Crippen molar-refractivity contribution < 1.29 is 0 Å². The molecule has 18 heavy (non-hydrogen) atoms. The Bertz CT molecular complexity index is 391. The molecule has 1 aliphatic carbocycles. The van der Waals surface area contributed by atoms with Gasteiger partial charge in [0.05, 0.1) is 0 Å². The van der Waals surface area contributed by atoms with E-state index < -0.39 is 0 Å². The summed E-state index contributed by atoms with van der Waals surface area (Å²) in [6, 6.07) is 2.62. The van der Waals surface area contributed by atoms with Crippen LogP contribution < -0.4 is 10.6 Å². The highest BCUT2D eigenvalue weighted by Crippen LogP contribution is 2.37. The Hall–Kier alpha value is -1.32. The normalized spacial score (nSPS) is 21.7. The molecule has 1 heterocycles. The number of nitrogens with zero attached hydrogens (tertiary/aromatic N) is 2. The third-order valence-corrected chi connectivity index (χ3v) is 3.42. The van der Waals surface area contributed by atoms with Crippen molar-refractivity contribution >= 4 is 11.6 Å². The fourth-order valence-electron chi connectivity index (χ4n) is 2.34. The van der Waals surface area contributed by atoms with Crippen LogP contribution in [0.1, 0.15) is 45.4 Å². The van der Waals surface area contributed by atoms with E-state index in [0.717, 1.165) is 36.2 Å². The molecule has 100 valence electrons. The highest BCUT2D eigenvalue weighted by Gasteiger charge is 2.36. The van der Waals surface area contributed by atoms with E-state index in [0.29, 0.717) is 6.04 Å². The molecule has 0 aromatic carbocycles. The van der Waals surface area contributed by atoms with Crippen molar-refractivity contribution in [1.29, 1.82) is 0 Å². The Morgan fingerprint density at radius 2 is 2.00 bits per heavy atom. The first-order valence-electron chi connectivity index (χ1n) is 7.09. The zero-order valence-electron chi connectivity index (χ0n) is 11.7. The van der Waals surface area contributed by atoms with Crippen LogP contribution in [0.3, 0.4) is 0 Å². The fourth-order valence-corrected chi connectivity index (χ4v) is 2.34. The maximum absolute atomic E-state index is 4.58. The summed E-state index contributed by atoms with van der Waals surface area (Å²) in [5.74, 6) is 3.65. The minimum atomic E-state index is 0.624. The maximum Gasteiger partial charge on any atom is 0.133 e. The second kappa shape index (κ2) is 6.03. The van der Waals surface area contributed by atoms with Crippen LogP contribution in [0.25, 0.3) is 0 Å². The minimum absolute atomic E-state index is 0.624. The highest BCUT2D eigenvalue weighted by atomic mass is 15.1. The average molecular weight is 248 g/mol. The standard InChI is InChI=1S/C14H24N4/c1-4-6-10-8-11(10)16-14-9-13(15-3)17-12(18-14)7-5-2/h9-11H,4-8H2,1-3H3,(H2,15,16,17,18). The van der Waals surface area contributed by atoms with E-state index in [-0.39, 0.29) is 0 Å². The molecule has 0 amide bonds. The van der Waals surface area contributed by atoms with E-state index in [9.17, 15) is 0 Å². The summed E-state index contributed by atoms with van der Waals surface area (Å²) in [5, 5.41) is 6.64. The van der Waals surface area contributed by atoms with Crippen LogP contribution in [-0.4, -0.2) is 23.1 Å². The summed E-state index contributed by atoms with van der Waals surface area (Å²) in [4.78, 5) is 9.05. The van der Waals surface area contributed by atoms with Crippen LogP contribution in [0.4, 0.5) is 11.6 Å². The molecule has 2 N–H and O–H groups in total. The predicted molar refractivity (Wildman–Crippen MR) is 76.0 cm³/mol. The molecule has 0 radical (unpaired) electrons. The molecule has 0 aliphatic heterocycles. The average Bonchev–Trinajstić information content (AvgIpc) is 3.08. The van der Waals surface area contributed by atoms with Crippen LogP contribution in [0.5, 0.6) is 0 Å². The van der Waals surface area contributed by atoms with Crippen LogP contribution >= 0.6 is 0 Å². The first-order chi connectivity index (χ1) is 8.76. The molecule has 0 spiro atoms. The Morgan fingerprint density at radius 1 is 1.22 bits per heavy atom. The van der Waals surface area contributed by atoms with Gasteiger partial charge in [-0.25, -0.2) is 9.97 Å². The highest BCUT2D eigenvalue weighted by molar-refractivity contribution is 5.48. The summed E-state index contributed by atoms with van der Waals surface area (Å²) in [5.41, 5.74) is 0. The third-order valence-electron chi connectivity index (χ3n) is 3.42. The van der Waals surface area contributed by atoms with Gasteiger partial charge in [-0.2, -0.15) is 0 Å². The van der Waals surface area contributed by atoms with Crippen LogP contribution in [0.15, 0.2) is 6.07 Å². The molecule has 1 saturated carbocycles. The Balaban J connectivity index is 2.01. The summed E-state index contributed by atoms with van der Waals surface area (Å²) < 4.78 is 0. The second-order valence-electron chi connectivity index (χ2n) is 5.09. The van der Waals surface area contributed by atoms with Crippen molar-refractivity contribution in [1.82, 2.24) is 9.97 Å². The molecule has 0 saturated heterocycles. The topological polar surface area (TPSA) is 49.8 Å². The molecule has 2 rings (SSSR count). The van der Waals surface area contributed by atoms with Gasteiger partial charge < -0.3 is 10.6 Å². The fraction of sp³-hybridized carbons (Fsp3) is 0.714. The Labute approximate surface area is 110 Å². The lowest BCUT2D eigenvalue weighted by atomic mass is 10.2. The van der Waals surface area contributed by atoms with Gasteiger partial charge >= 0.3 is 0 Å². The van der Waals surface area contributed by atoms with Gasteiger partial charge in [-0.15, -0.1) is 0 Å². The number of aryl methyl sites for hydroxylation is 1. The number of anilines is 2. The van der Waals surface area contributed by atoms with Gasteiger partial charge in [0.1, 0.15) is 17.5 Å². The molecule has 1 fully saturated rings. The van der Waals surface area contributed by atoms with Gasteiger partial charge in [-0.3, -0.25) is 0 Å². The van der Waals surface area contributed by atoms with Crippen molar-refractivity contribution in [2.75, 3.05) is 17.7 Å². The van der Waals surface area contributed by atoms with Crippen molar-refractivity contribution in [3.8, 4) is 0 Å². The number of hydrogen-bond donors (Lipinski definition) is 2. The van der Waals surface area contributed by atoms with Gasteiger partial charge in [0.15, 0.2) is 0 Å². The molecule has 1 aromatic rings. The van der Waals surface area contributed by atoms with Crippen LogP contribution in [0, 0.1) is 5.92 Å². The van der Waals surface area contributed by atoms with Crippen molar-refractivity contribution in [2.24, 2.45) is 5.92 Å². The van der Waals surface area contributed by atoms with Gasteiger partial charge in [0.25, 0.3) is 0 Å². The quantitative estimate of drug-likeness (QED) is 0.778. The summed E-state index contributed by atoms with van der Waals surface area (Å²) in [6.07, 6.45) is 5.90. The lowest BCUT2D eigenvalue weighted by Gasteiger charge is -2.09. The molecule has 1 aliphatic rings. The number of aromatic nitrogens is 2. The van der Waals surface area contributed by atoms with Gasteiger partial charge in [-0.1, -0.05) is 20.3 Å². The zero-order valence-corrected chi connectivity index (χ0v) is 11.7. The van der Waals surface area contributed by atoms with Gasteiger partial charge in [0.2, 0.25) is 0 Å². The first-order valence-corrected chi connectivity index (χ1v) is 7.09. The van der Waals surface area contributed by atoms with E-state index in [1.54, 1.807) is 0 Å². The summed E-state index contributed by atoms with van der Waals surface area (Å²) in [7, 11) is 1.90. The molecular formula is C14H24N4. The summed E-state index contributed by atoms with van der Waals surface area (Å²) in [6.45, 7) is 4.40. The van der Waals surface area contributed by atoms with Crippen molar-refractivity contribution in [3.63, 3.8) is 0 Å². The molecule has 4 heteroatoms. The van der Waals surface area contributed by atoms with E-state index >= 15 is 0 Å². The monoisotopic (exact) mass is 248 g/mol. The Morgan fingerprint density at radius 3 is 2.67 bits per heavy atom. The second-order valence-corrected chi connectivity index (χ2v) is 5.09. The molecule has 0 bridgehead atoms. The number of nitrogens with one attached hydrogen (secondary N) is 2. The van der Waals surface area contributed by atoms with Gasteiger partial charge in [0, 0.05) is 25.6 Å². The van der Waals surface area contributed by atoms with E-state index in [1.807, 2.05) is 13.1 Å². The SMILES string of the molecule is CCCc1nc(NC)cc(NC2CC2CCC)n1. The minimum Gasteiger partial charge on any atom is -0.373 e. The molecule has 2 atom stereocenters. The lowest BCUT2D eigenvalue weighted by molar-refractivity contribution is 0.691. The van der Waals surface area contributed by atoms with Crippen molar-refractivity contribution in [2.45, 2.75) is 52.0 Å². The van der Waals surface area contributed by atoms with Crippen molar-refractivity contribution in [3.05, 3.63) is 11.9 Å².